The number of benzene rings is 2. The maximum atomic E-state index is 12.4. The Labute approximate surface area is 129 Å². The van der Waals surface area contributed by atoms with Crippen LogP contribution >= 0.6 is 11.8 Å². The molecule has 0 spiro atoms. The van der Waals surface area contributed by atoms with Gasteiger partial charge in [0.1, 0.15) is 5.52 Å². The predicted octanol–water partition coefficient (Wildman–Crippen LogP) is 3.29. The number of nitrogens with zero attached hydrogens (tertiary/aromatic N) is 3. The van der Waals surface area contributed by atoms with Crippen molar-refractivity contribution in [1.29, 1.82) is 0 Å². The fourth-order valence-corrected chi connectivity index (χ4v) is 2.98. The second kappa shape index (κ2) is 5.31. The molecule has 2 heterocycles. The maximum absolute atomic E-state index is 12.4. The zero-order valence-electron chi connectivity index (χ0n) is 11.5. The molecule has 0 radical (unpaired) electrons. The Hall–Kier alpha value is -2.60. The highest BCUT2D eigenvalue weighted by Crippen LogP contribution is 2.23. The molecule has 0 aliphatic carbocycles. The van der Waals surface area contributed by atoms with Crippen molar-refractivity contribution in [2.75, 3.05) is 0 Å². The topological polar surface area (TPSA) is 60.9 Å². The summed E-state index contributed by atoms with van der Waals surface area (Å²) in [6.45, 7) is 0. The molecule has 0 saturated carbocycles. The van der Waals surface area contributed by atoms with Crippen LogP contribution in [-0.4, -0.2) is 14.5 Å². The maximum Gasteiger partial charge on any atom is 0.261 e. The van der Waals surface area contributed by atoms with Crippen molar-refractivity contribution in [3.05, 3.63) is 65.2 Å². The summed E-state index contributed by atoms with van der Waals surface area (Å²) in [4.78, 5) is 21.1. The van der Waals surface area contributed by atoms with Gasteiger partial charge in [0, 0.05) is 0 Å². The van der Waals surface area contributed by atoms with Gasteiger partial charge in [-0.15, -0.1) is 0 Å². The molecule has 0 amide bonds. The molecule has 108 valence electrons. The van der Waals surface area contributed by atoms with Crippen LogP contribution in [-0.2, 0) is 5.88 Å². The average molecular weight is 309 g/mol. The van der Waals surface area contributed by atoms with E-state index in [1.807, 2.05) is 42.5 Å². The third-order valence-corrected chi connectivity index (χ3v) is 4.16. The zero-order valence-corrected chi connectivity index (χ0v) is 12.3. The monoisotopic (exact) mass is 309 g/mol. The standard InChI is InChI=1S/C16H11N3O2S/c20-15-11-5-1-2-6-12(11)17-9-19(15)10-22-16-18-13-7-3-4-8-14(13)21-16/h1-9H,10H2. The molecule has 0 aliphatic heterocycles. The predicted molar refractivity (Wildman–Crippen MR) is 85.9 cm³/mol. The summed E-state index contributed by atoms with van der Waals surface area (Å²) in [6, 6.07) is 14.9. The zero-order chi connectivity index (χ0) is 14.9. The van der Waals surface area contributed by atoms with Gasteiger partial charge in [0.05, 0.1) is 23.1 Å². The van der Waals surface area contributed by atoms with Crippen molar-refractivity contribution in [3.63, 3.8) is 0 Å². The second-order valence-electron chi connectivity index (χ2n) is 4.76. The molecular weight excluding hydrogens is 298 g/mol. The van der Waals surface area contributed by atoms with Crippen molar-refractivity contribution in [2.24, 2.45) is 0 Å². The van der Waals surface area contributed by atoms with E-state index in [1.54, 1.807) is 17.0 Å². The van der Waals surface area contributed by atoms with Gasteiger partial charge in [-0.2, -0.15) is 0 Å². The molecule has 5 nitrogen and oxygen atoms in total. The average Bonchev–Trinajstić information content (AvgIpc) is 2.97. The van der Waals surface area contributed by atoms with E-state index < -0.39 is 0 Å². The fraction of sp³-hybridized carbons (Fsp3) is 0.0625. The molecule has 0 atom stereocenters. The molecule has 22 heavy (non-hydrogen) atoms. The molecular formula is C16H11N3O2S. The van der Waals surface area contributed by atoms with E-state index in [4.69, 9.17) is 4.42 Å². The van der Waals surface area contributed by atoms with E-state index in [0.717, 1.165) is 11.1 Å². The summed E-state index contributed by atoms with van der Waals surface area (Å²) in [6.07, 6.45) is 1.56. The summed E-state index contributed by atoms with van der Waals surface area (Å²) in [7, 11) is 0. The molecule has 4 rings (SSSR count). The lowest BCUT2D eigenvalue weighted by Gasteiger charge is -2.04. The fourth-order valence-electron chi connectivity index (χ4n) is 2.24. The van der Waals surface area contributed by atoms with Crippen LogP contribution < -0.4 is 5.56 Å². The number of para-hydroxylation sites is 3. The minimum atomic E-state index is -0.0609. The first-order valence-corrected chi connectivity index (χ1v) is 7.72. The summed E-state index contributed by atoms with van der Waals surface area (Å²) in [5.74, 6) is 0.406. The van der Waals surface area contributed by atoms with Gasteiger partial charge in [0.2, 0.25) is 0 Å². The van der Waals surface area contributed by atoms with Gasteiger partial charge in [0.25, 0.3) is 10.8 Å². The van der Waals surface area contributed by atoms with Crippen LogP contribution in [0.25, 0.3) is 22.0 Å². The van der Waals surface area contributed by atoms with Crippen molar-refractivity contribution >= 4 is 33.8 Å². The molecule has 4 aromatic rings. The van der Waals surface area contributed by atoms with E-state index in [-0.39, 0.29) is 5.56 Å². The van der Waals surface area contributed by atoms with Gasteiger partial charge in [-0.3, -0.25) is 9.36 Å². The Bertz CT molecular complexity index is 989. The van der Waals surface area contributed by atoms with Crippen LogP contribution in [0.3, 0.4) is 0 Å². The first-order chi connectivity index (χ1) is 10.8. The Morgan fingerprint density at radius 3 is 2.68 bits per heavy atom. The van der Waals surface area contributed by atoms with Crippen LogP contribution in [0.5, 0.6) is 0 Å². The molecule has 0 unspecified atom stereocenters. The smallest absolute Gasteiger partial charge is 0.261 e. The highest BCUT2D eigenvalue weighted by molar-refractivity contribution is 7.98. The number of oxazole rings is 1. The highest BCUT2D eigenvalue weighted by atomic mass is 32.2. The number of hydrogen-bond acceptors (Lipinski definition) is 5. The number of aromatic nitrogens is 3. The van der Waals surface area contributed by atoms with E-state index >= 15 is 0 Å². The number of fused-ring (bicyclic) bond motifs is 2. The van der Waals surface area contributed by atoms with Crippen LogP contribution in [0.2, 0.25) is 0 Å². The van der Waals surface area contributed by atoms with E-state index in [1.165, 1.54) is 11.8 Å². The quantitative estimate of drug-likeness (QED) is 0.543. The summed E-state index contributed by atoms with van der Waals surface area (Å²) >= 11 is 1.37. The molecule has 0 fully saturated rings. The summed E-state index contributed by atoms with van der Waals surface area (Å²) in [5, 5.41) is 1.16. The number of hydrogen-bond donors (Lipinski definition) is 0. The summed E-state index contributed by atoms with van der Waals surface area (Å²) in [5.41, 5.74) is 2.20. The lowest BCUT2D eigenvalue weighted by Crippen LogP contribution is -2.19. The molecule has 6 heteroatoms. The molecule has 0 N–H and O–H groups in total. The van der Waals surface area contributed by atoms with Crippen LogP contribution in [0.1, 0.15) is 0 Å². The first-order valence-electron chi connectivity index (χ1n) is 6.74. The minimum Gasteiger partial charge on any atom is -0.431 e. The van der Waals surface area contributed by atoms with E-state index in [2.05, 4.69) is 9.97 Å². The van der Waals surface area contributed by atoms with E-state index in [0.29, 0.717) is 22.0 Å². The second-order valence-corrected chi connectivity index (χ2v) is 5.65. The third kappa shape index (κ3) is 2.27. The Morgan fingerprint density at radius 2 is 1.82 bits per heavy atom. The lowest BCUT2D eigenvalue weighted by molar-refractivity contribution is 0.488. The van der Waals surface area contributed by atoms with Gasteiger partial charge in [-0.1, -0.05) is 24.3 Å². The van der Waals surface area contributed by atoms with Gasteiger partial charge < -0.3 is 4.42 Å². The first kappa shape index (κ1) is 13.1. The SMILES string of the molecule is O=c1c2ccccc2ncn1CSc1nc2ccccc2o1. The van der Waals surface area contributed by atoms with E-state index in [9.17, 15) is 4.79 Å². The van der Waals surface area contributed by atoms with Crippen molar-refractivity contribution < 1.29 is 4.42 Å². The molecule has 0 aliphatic rings. The summed E-state index contributed by atoms with van der Waals surface area (Å²) < 4.78 is 7.19. The normalized spacial score (nSPS) is 11.3. The van der Waals surface area contributed by atoms with Gasteiger partial charge in [-0.25, -0.2) is 9.97 Å². The van der Waals surface area contributed by atoms with Crippen LogP contribution in [0.4, 0.5) is 0 Å². The molecule has 2 aromatic heterocycles. The molecule has 0 bridgehead atoms. The van der Waals surface area contributed by atoms with Crippen molar-refractivity contribution in [2.45, 2.75) is 11.1 Å². The molecule has 2 aromatic carbocycles. The van der Waals surface area contributed by atoms with Crippen molar-refractivity contribution in [3.8, 4) is 0 Å². The number of thioether (sulfide) groups is 1. The van der Waals surface area contributed by atoms with Crippen molar-refractivity contribution in [1.82, 2.24) is 14.5 Å². The lowest BCUT2D eigenvalue weighted by atomic mass is 10.2. The van der Waals surface area contributed by atoms with Crippen LogP contribution in [0.15, 0.2) is 69.3 Å². The van der Waals surface area contributed by atoms with Gasteiger partial charge in [0.15, 0.2) is 5.58 Å². The van der Waals surface area contributed by atoms with Crippen LogP contribution in [0, 0.1) is 0 Å². The number of rotatable bonds is 3. The third-order valence-electron chi connectivity index (χ3n) is 3.33. The van der Waals surface area contributed by atoms with Gasteiger partial charge >= 0.3 is 0 Å². The Balaban J connectivity index is 1.63. The molecule has 0 saturated heterocycles. The highest BCUT2D eigenvalue weighted by Gasteiger charge is 2.08. The Morgan fingerprint density at radius 1 is 1.05 bits per heavy atom. The Kier molecular flexibility index (Phi) is 3.16. The minimum absolute atomic E-state index is 0.0609. The van der Waals surface area contributed by atoms with Gasteiger partial charge in [-0.05, 0) is 36.0 Å². The largest absolute Gasteiger partial charge is 0.431 e.